The number of rotatable bonds is 5. The van der Waals surface area contributed by atoms with E-state index in [0.717, 1.165) is 19.3 Å². The molecule has 182 valence electrons. The highest BCUT2D eigenvalue weighted by atomic mass is 16.3. The molecule has 0 aliphatic heterocycles. The van der Waals surface area contributed by atoms with Crippen molar-refractivity contribution in [2.24, 2.45) is 46.3 Å². The molecule has 4 rings (SSSR count). The minimum atomic E-state index is -1.20. The van der Waals surface area contributed by atoms with Crippen LogP contribution in [0.25, 0.3) is 0 Å². The Morgan fingerprint density at radius 3 is 2.38 bits per heavy atom. The first kappa shape index (κ1) is 24.5. The molecule has 0 amide bonds. The van der Waals surface area contributed by atoms with Gasteiger partial charge in [-0.05, 0) is 85.9 Å². The molecule has 4 aliphatic rings. The SMILES string of the molecule is CCC(/C=C/[C@@H](C)C1CCC2C3=C[C@@H](O)[C@@]4(O)C[C@@H](O)CC[C@]4(C)C3CC[C@@]21C)C(C)C. The lowest BCUT2D eigenvalue weighted by molar-refractivity contribution is -0.210. The predicted octanol–water partition coefficient (Wildman–Crippen LogP) is 5.89. The van der Waals surface area contributed by atoms with Gasteiger partial charge in [0, 0.05) is 11.8 Å². The van der Waals surface area contributed by atoms with E-state index >= 15 is 0 Å². The molecule has 0 saturated heterocycles. The zero-order valence-corrected chi connectivity index (χ0v) is 21.3. The summed E-state index contributed by atoms with van der Waals surface area (Å²) in [5, 5.41) is 33.0. The van der Waals surface area contributed by atoms with Crippen LogP contribution >= 0.6 is 0 Å². The molecule has 4 unspecified atom stereocenters. The van der Waals surface area contributed by atoms with E-state index in [1.807, 2.05) is 6.08 Å². The van der Waals surface area contributed by atoms with E-state index in [1.54, 1.807) is 0 Å². The number of allylic oxidation sites excluding steroid dienone is 3. The van der Waals surface area contributed by atoms with E-state index in [4.69, 9.17) is 0 Å². The Balaban J connectivity index is 1.60. The third-order valence-electron chi connectivity index (χ3n) is 11.0. The van der Waals surface area contributed by atoms with Gasteiger partial charge >= 0.3 is 0 Å². The average molecular weight is 445 g/mol. The molecular formula is C29H48O3. The number of aliphatic hydroxyl groups excluding tert-OH is 2. The Morgan fingerprint density at radius 2 is 1.72 bits per heavy atom. The number of aliphatic hydroxyl groups is 3. The molecule has 4 aliphatic carbocycles. The van der Waals surface area contributed by atoms with Crippen LogP contribution in [0.1, 0.15) is 92.9 Å². The van der Waals surface area contributed by atoms with Crippen molar-refractivity contribution in [1.82, 2.24) is 0 Å². The molecule has 0 aromatic carbocycles. The Hall–Kier alpha value is -0.640. The summed E-state index contributed by atoms with van der Waals surface area (Å²) in [4.78, 5) is 0. The quantitative estimate of drug-likeness (QED) is 0.464. The Kier molecular flexibility index (Phi) is 6.53. The summed E-state index contributed by atoms with van der Waals surface area (Å²) in [6.07, 6.45) is 13.4. The van der Waals surface area contributed by atoms with Gasteiger partial charge in [-0.25, -0.2) is 0 Å². The van der Waals surface area contributed by atoms with Crippen molar-refractivity contribution < 1.29 is 15.3 Å². The first-order valence-corrected chi connectivity index (χ1v) is 13.5. The van der Waals surface area contributed by atoms with E-state index in [-0.39, 0.29) is 10.8 Å². The predicted molar refractivity (Wildman–Crippen MR) is 131 cm³/mol. The lowest BCUT2D eigenvalue weighted by atomic mass is 9.45. The van der Waals surface area contributed by atoms with Gasteiger partial charge < -0.3 is 15.3 Å². The monoisotopic (exact) mass is 444 g/mol. The number of hydrogen-bond acceptors (Lipinski definition) is 3. The fourth-order valence-electron chi connectivity index (χ4n) is 8.73. The van der Waals surface area contributed by atoms with Crippen LogP contribution in [0.4, 0.5) is 0 Å². The zero-order chi connectivity index (χ0) is 23.5. The van der Waals surface area contributed by atoms with Crippen LogP contribution in [-0.4, -0.2) is 33.1 Å². The number of fused-ring (bicyclic) bond motifs is 5. The fraction of sp³-hybridized carbons (Fsp3) is 0.862. The molecule has 0 aromatic rings. The molecule has 0 radical (unpaired) electrons. The molecule has 0 bridgehead atoms. The van der Waals surface area contributed by atoms with Crippen molar-refractivity contribution in [1.29, 1.82) is 0 Å². The van der Waals surface area contributed by atoms with Gasteiger partial charge in [0.05, 0.1) is 6.10 Å². The van der Waals surface area contributed by atoms with Crippen LogP contribution in [0.5, 0.6) is 0 Å². The first-order valence-electron chi connectivity index (χ1n) is 13.5. The Morgan fingerprint density at radius 1 is 1.00 bits per heavy atom. The third-order valence-corrected chi connectivity index (χ3v) is 11.0. The minimum absolute atomic E-state index is 0.269. The Labute approximate surface area is 196 Å². The molecular weight excluding hydrogens is 396 g/mol. The van der Waals surface area contributed by atoms with Crippen molar-refractivity contribution in [3.63, 3.8) is 0 Å². The second kappa shape index (κ2) is 8.54. The third kappa shape index (κ3) is 3.57. The van der Waals surface area contributed by atoms with Crippen molar-refractivity contribution in [2.75, 3.05) is 0 Å². The van der Waals surface area contributed by atoms with Crippen LogP contribution in [0.3, 0.4) is 0 Å². The highest BCUT2D eigenvalue weighted by Crippen LogP contribution is 2.67. The van der Waals surface area contributed by atoms with Gasteiger partial charge in [0.1, 0.15) is 11.7 Å². The van der Waals surface area contributed by atoms with Crippen LogP contribution in [-0.2, 0) is 0 Å². The molecule has 3 N–H and O–H groups in total. The fourth-order valence-corrected chi connectivity index (χ4v) is 8.73. The first-order chi connectivity index (χ1) is 15.0. The van der Waals surface area contributed by atoms with Crippen LogP contribution in [0.2, 0.25) is 0 Å². The van der Waals surface area contributed by atoms with Gasteiger partial charge in [-0.1, -0.05) is 65.3 Å². The minimum Gasteiger partial charge on any atom is -0.393 e. The van der Waals surface area contributed by atoms with E-state index in [0.29, 0.717) is 41.9 Å². The summed E-state index contributed by atoms with van der Waals surface area (Å²) in [5.41, 5.74) is 0.159. The highest BCUT2D eigenvalue weighted by molar-refractivity contribution is 5.33. The van der Waals surface area contributed by atoms with Gasteiger partial charge in [-0.3, -0.25) is 0 Å². The molecule has 10 atom stereocenters. The van der Waals surface area contributed by atoms with Gasteiger partial charge in [-0.2, -0.15) is 0 Å². The lowest BCUT2D eigenvalue weighted by Crippen LogP contribution is -2.65. The summed E-state index contributed by atoms with van der Waals surface area (Å²) < 4.78 is 0. The van der Waals surface area contributed by atoms with Crippen molar-refractivity contribution >= 4 is 0 Å². The molecule has 3 saturated carbocycles. The summed E-state index contributed by atoms with van der Waals surface area (Å²) in [7, 11) is 0. The van der Waals surface area contributed by atoms with Gasteiger partial charge in [0.25, 0.3) is 0 Å². The van der Waals surface area contributed by atoms with Crippen LogP contribution in [0, 0.1) is 46.3 Å². The number of hydrogen-bond donors (Lipinski definition) is 3. The molecule has 3 fully saturated rings. The van der Waals surface area contributed by atoms with Gasteiger partial charge in [-0.15, -0.1) is 0 Å². The molecule has 3 heteroatoms. The smallest absolute Gasteiger partial charge is 0.102 e. The topological polar surface area (TPSA) is 60.7 Å². The summed E-state index contributed by atoms with van der Waals surface area (Å²) in [6, 6.07) is 0. The van der Waals surface area contributed by atoms with Crippen molar-refractivity contribution in [3.8, 4) is 0 Å². The maximum Gasteiger partial charge on any atom is 0.102 e. The largest absolute Gasteiger partial charge is 0.393 e. The molecule has 3 nitrogen and oxygen atoms in total. The van der Waals surface area contributed by atoms with E-state index in [1.165, 1.54) is 31.3 Å². The summed E-state index contributed by atoms with van der Waals surface area (Å²) >= 11 is 0. The van der Waals surface area contributed by atoms with E-state index in [9.17, 15) is 15.3 Å². The normalized spacial score (nSPS) is 48.2. The maximum atomic E-state index is 11.6. The van der Waals surface area contributed by atoms with Crippen LogP contribution in [0.15, 0.2) is 23.8 Å². The van der Waals surface area contributed by atoms with E-state index in [2.05, 4.69) is 53.7 Å². The van der Waals surface area contributed by atoms with Gasteiger partial charge in [0.2, 0.25) is 0 Å². The molecule has 32 heavy (non-hydrogen) atoms. The molecule has 0 heterocycles. The standard InChI is InChI=1S/C29H48O3/c1-7-20(18(2)3)9-8-19(4)23-10-11-24-22-16-26(31)29(32)17-21(30)12-15-28(29,6)25(22)13-14-27(23,24)5/h8-9,16,18-21,23-26,30-32H,7,10-15,17H2,1-6H3/b9-8+/t19-,20?,21+,23?,24?,25?,26-,27-,28-,29+/m1/s1. The summed E-state index contributed by atoms with van der Waals surface area (Å²) in [6.45, 7) is 14.1. The van der Waals surface area contributed by atoms with E-state index < -0.39 is 17.8 Å². The highest BCUT2D eigenvalue weighted by Gasteiger charge is 2.64. The molecule has 0 aromatic heterocycles. The zero-order valence-electron chi connectivity index (χ0n) is 21.3. The van der Waals surface area contributed by atoms with Crippen LogP contribution < -0.4 is 0 Å². The average Bonchev–Trinajstić information content (AvgIpc) is 3.08. The van der Waals surface area contributed by atoms with Crippen molar-refractivity contribution in [2.45, 2.75) is 111 Å². The van der Waals surface area contributed by atoms with Crippen molar-refractivity contribution in [3.05, 3.63) is 23.8 Å². The lowest BCUT2D eigenvalue weighted by Gasteiger charge is -2.62. The second-order valence-electron chi connectivity index (χ2n) is 12.7. The second-order valence-corrected chi connectivity index (χ2v) is 12.7. The maximum absolute atomic E-state index is 11.6. The van der Waals surface area contributed by atoms with Gasteiger partial charge in [0.15, 0.2) is 0 Å². The molecule has 0 spiro atoms. The summed E-state index contributed by atoms with van der Waals surface area (Å²) in [5.74, 6) is 3.44. The Bertz CT molecular complexity index is 756.